The normalized spacial score (nSPS) is 11.9. The Hall–Kier alpha value is -1.55. The average molecular weight is 222 g/mol. The SMILES string of the molecule is CNCC(=O)NC(C)c1cccc(OC)c1. The van der Waals surface area contributed by atoms with E-state index >= 15 is 0 Å². The molecule has 0 fully saturated rings. The molecule has 0 aliphatic rings. The number of likely N-dealkylation sites (N-methyl/N-ethyl adjacent to an activating group) is 1. The predicted molar refractivity (Wildman–Crippen MR) is 63.5 cm³/mol. The number of benzene rings is 1. The molecule has 0 spiro atoms. The lowest BCUT2D eigenvalue weighted by Gasteiger charge is -2.14. The number of amides is 1. The summed E-state index contributed by atoms with van der Waals surface area (Å²) in [6.07, 6.45) is 0. The van der Waals surface area contributed by atoms with Crippen LogP contribution in [-0.4, -0.2) is 26.6 Å². The van der Waals surface area contributed by atoms with Gasteiger partial charge in [-0.2, -0.15) is 0 Å². The molecule has 0 bridgehead atoms. The number of carbonyl (C=O) groups excluding carboxylic acids is 1. The summed E-state index contributed by atoms with van der Waals surface area (Å²) in [5, 5.41) is 5.70. The van der Waals surface area contributed by atoms with E-state index < -0.39 is 0 Å². The Morgan fingerprint density at radius 1 is 1.50 bits per heavy atom. The van der Waals surface area contributed by atoms with Crippen LogP contribution in [0.15, 0.2) is 24.3 Å². The first-order chi connectivity index (χ1) is 7.67. The van der Waals surface area contributed by atoms with E-state index in [1.165, 1.54) is 0 Å². The third-order valence-corrected chi connectivity index (χ3v) is 2.31. The monoisotopic (exact) mass is 222 g/mol. The number of carbonyl (C=O) groups is 1. The van der Waals surface area contributed by atoms with E-state index in [-0.39, 0.29) is 11.9 Å². The Morgan fingerprint density at radius 2 is 2.25 bits per heavy atom. The highest BCUT2D eigenvalue weighted by Crippen LogP contribution is 2.18. The molecule has 1 rings (SSSR count). The van der Waals surface area contributed by atoms with Crippen molar-refractivity contribution in [1.29, 1.82) is 0 Å². The first kappa shape index (κ1) is 12.5. The summed E-state index contributed by atoms with van der Waals surface area (Å²) in [5.41, 5.74) is 1.03. The molecule has 0 saturated heterocycles. The second-order valence-corrected chi connectivity index (χ2v) is 3.60. The summed E-state index contributed by atoms with van der Waals surface area (Å²) in [6, 6.07) is 7.66. The van der Waals surface area contributed by atoms with Crippen LogP contribution in [0.2, 0.25) is 0 Å². The van der Waals surface area contributed by atoms with Gasteiger partial charge in [-0.15, -0.1) is 0 Å². The molecule has 1 aromatic rings. The van der Waals surface area contributed by atoms with Crippen LogP contribution < -0.4 is 15.4 Å². The van der Waals surface area contributed by atoms with E-state index in [9.17, 15) is 4.79 Å². The Labute approximate surface area is 96.0 Å². The highest BCUT2D eigenvalue weighted by atomic mass is 16.5. The zero-order chi connectivity index (χ0) is 12.0. The van der Waals surface area contributed by atoms with Gasteiger partial charge < -0.3 is 15.4 Å². The van der Waals surface area contributed by atoms with E-state index in [1.54, 1.807) is 14.2 Å². The number of hydrogen-bond donors (Lipinski definition) is 2. The Morgan fingerprint density at radius 3 is 2.88 bits per heavy atom. The van der Waals surface area contributed by atoms with Crippen molar-refractivity contribution in [1.82, 2.24) is 10.6 Å². The van der Waals surface area contributed by atoms with Gasteiger partial charge in [0.05, 0.1) is 19.7 Å². The molecular weight excluding hydrogens is 204 g/mol. The van der Waals surface area contributed by atoms with Gasteiger partial charge in [-0.05, 0) is 31.7 Å². The summed E-state index contributed by atoms with van der Waals surface area (Å²) in [7, 11) is 3.37. The Balaban J connectivity index is 2.64. The molecule has 4 nitrogen and oxygen atoms in total. The fourth-order valence-electron chi connectivity index (χ4n) is 1.45. The van der Waals surface area contributed by atoms with Crippen molar-refractivity contribution in [3.8, 4) is 5.75 Å². The quantitative estimate of drug-likeness (QED) is 0.784. The predicted octanol–water partition coefficient (Wildman–Crippen LogP) is 1.09. The average Bonchev–Trinajstić information content (AvgIpc) is 2.29. The Bertz CT molecular complexity index is 353. The van der Waals surface area contributed by atoms with Gasteiger partial charge in [-0.3, -0.25) is 4.79 Å². The number of methoxy groups -OCH3 is 1. The van der Waals surface area contributed by atoms with E-state index in [0.717, 1.165) is 11.3 Å². The zero-order valence-electron chi connectivity index (χ0n) is 9.91. The number of nitrogens with one attached hydrogen (secondary N) is 2. The maximum atomic E-state index is 11.4. The molecule has 0 aliphatic heterocycles. The molecule has 16 heavy (non-hydrogen) atoms. The van der Waals surface area contributed by atoms with Gasteiger partial charge in [0.25, 0.3) is 0 Å². The van der Waals surface area contributed by atoms with Crippen molar-refractivity contribution >= 4 is 5.91 Å². The highest BCUT2D eigenvalue weighted by Gasteiger charge is 2.09. The maximum Gasteiger partial charge on any atom is 0.234 e. The van der Waals surface area contributed by atoms with E-state index in [2.05, 4.69) is 10.6 Å². The van der Waals surface area contributed by atoms with Gasteiger partial charge >= 0.3 is 0 Å². The van der Waals surface area contributed by atoms with Crippen LogP contribution in [0, 0.1) is 0 Å². The lowest BCUT2D eigenvalue weighted by molar-refractivity contribution is -0.120. The van der Waals surface area contributed by atoms with Crippen molar-refractivity contribution < 1.29 is 9.53 Å². The van der Waals surface area contributed by atoms with Gasteiger partial charge in [0.15, 0.2) is 0 Å². The standard InChI is InChI=1S/C12H18N2O2/c1-9(14-12(15)8-13-2)10-5-4-6-11(7-10)16-3/h4-7,9,13H,8H2,1-3H3,(H,14,15). The van der Waals surface area contributed by atoms with Crippen LogP contribution in [0.4, 0.5) is 0 Å². The fraction of sp³-hybridized carbons (Fsp3) is 0.417. The first-order valence-electron chi connectivity index (χ1n) is 5.25. The van der Waals surface area contributed by atoms with Gasteiger partial charge in [-0.1, -0.05) is 12.1 Å². The van der Waals surface area contributed by atoms with Gasteiger partial charge in [0, 0.05) is 0 Å². The second kappa shape index (κ2) is 6.12. The summed E-state index contributed by atoms with van der Waals surface area (Å²) >= 11 is 0. The van der Waals surface area contributed by atoms with Gasteiger partial charge in [0.1, 0.15) is 5.75 Å². The zero-order valence-corrected chi connectivity index (χ0v) is 9.91. The third-order valence-electron chi connectivity index (χ3n) is 2.31. The summed E-state index contributed by atoms with van der Waals surface area (Å²) in [5.74, 6) is 0.782. The smallest absolute Gasteiger partial charge is 0.234 e. The molecule has 0 radical (unpaired) electrons. The summed E-state index contributed by atoms with van der Waals surface area (Å²) in [6.45, 7) is 2.27. The number of rotatable bonds is 5. The maximum absolute atomic E-state index is 11.4. The number of hydrogen-bond acceptors (Lipinski definition) is 3. The topological polar surface area (TPSA) is 50.4 Å². The molecule has 1 unspecified atom stereocenters. The van der Waals surface area contributed by atoms with Gasteiger partial charge in [0.2, 0.25) is 5.91 Å². The van der Waals surface area contributed by atoms with Crippen LogP contribution in [0.1, 0.15) is 18.5 Å². The molecule has 1 amide bonds. The molecule has 1 atom stereocenters. The van der Waals surface area contributed by atoms with Crippen molar-refractivity contribution in [2.75, 3.05) is 20.7 Å². The van der Waals surface area contributed by atoms with Crippen molar-refractivity contribution in [2.45, 2.75) is 13.0 Å². The van der Waals surface area contributed by atoms with E-state index in [0.29, 0.717) is 6.54 Å². The minimum atomic E-state index is -0.0176. The van der Waals surface area contributed by atoms with Crippen LogP contribution >= 0.6 is 0 Å². The molecule has 2 N–H and O–H groups in total. The van der Waals surface area contributed by atoms with Crippen molar-refractivity contribution in [2.24, 2.45) is 0 Å². The summed E-state index contributed by atoms with van der Waals surface area (Å²) < 4.78 is 5.13. The van der Waals surface area contributed by atoms with Crippen LogP contribution in [-0.2, 0) is 4.79 Å². The lowest BCUT2D eigenvalue weighted by Crippen LogP contribution is -2.33. The molecule has 0 aromatic heterocycles. The Kier molecular flexibility index (Phi) is 4.79. The van der Waals surface area contributed by atoms with E-state index in [1.807, 2.05) is 31.2 Å². The third kappa shape index (κ3) is 3.55. The lowest BCUT2D eigenvalue weighted by atomic mass is 10.1. The summed E-state index contributed by atoms with van der Waals surface area (Å²) in [4.78, 5) is 11.4. The largest absolute Gasteiger partial charge is 0.497 e. The fourth-order valence-corrected chi connectivity index (χ4v) is 1.45. The molecule has 1 aromatic carbocycles. The molecular formula is C12H18N2O2. The van der Waals surface area contributed by atoms with Crippen molar-refractivity contribution in [3.63, 3.8) is 0 Å². The van der Waals surface area contributed by atoms with E-state index in [4.69, 9.17) is 4.74 Å². The minimum Gasteiger partial charge on any atom is -0.497 e. The second-order valence-electron chi connectivity index (χ2n) is 3.60. The van der Waals surface area contributed by atoms with Crippen LogP contribution in [0.25, 0.3) is 0 Å². The number of ether oxygens (including phenoxy) is 1. The first-order valence-corrected chi connectivity index (χ1v) is 5.25. The van der Waals surface area contributed by atoms with Crippen LogP contribution in [0.5, 0.6) is 5.75 Å². The highest BCUT2D eigenvalue weighted by molar-refractivity contribution is 5.78. The van der Waals surface area contributed by atoms with Crippen LogP contribution in [0.3, 0.4) is 0 Å². The molecule has 0 saturated carbocycles. The van der Waals surface area contributed by atoms with Crippen molar-refractivity contribution in [3.05, 3.63) is 29.8 Å². The minimum absolute atomic E-state index is 0.0159. The molecule has 0 heterocycles. The molecule has 0 aliphatic carbocycles. The molecule has 4 heteroatoms. The van der Waals surface area contributed by atoms with Gasteiger partial charge in [-0.25, -0.2) is 0 Å². The molecule has 88 valence electrons.